The van der Waals surface area contributed by atoms with Crippen molar-refractivity contribution in [3.05, 3.63) is 72.7 Å². The van der Waals surface area contributed by atoms with Crippen LogP contribution in [-0.4, -0.2) is 29.6 Å². The second-order valence-electron chi connectivity index (χ2n) is 6.90. The minimum absolute atomic E-state index is 0.181. The lowest BCUT2D eigenvalue weighted by Gasteiger charge is -2.13. The molecule has 0 saturated carbocycles. The van der Waals surface area contributed by atoms with Crippen molar-refractivity contribution in [2.75, 3.05) is 17.1 Å². The largest absolute Gasteiger partial charge is 0.418 e. The van der Waals surface area contributed by atoms with Gasteiger partial charge in [0.05, 0.1) is 27.4 Å². The van der Waals surface area contributed by atoms with Gasteiger partial charge in [-0.25, -0.2) is 18.4 Å². The van der Waals surface area contributed by atoms with Gasteiger partial charge < -0.3 is 0 Å². The van der Waals surface area contributed by atoms with Gasteiger partial charge in [-0.15, -0.1) is 0 Å². The van der Waals surface area contributed by atoms with Crippen molar-refractivity contribution in [3.8, 4) is 11.3 Å². The summed E-state index contributed by atoms with van der Waals surface area (Å²) < 4.78 is 63.2. The Morgan fingerprint density at radius 3 is 2.34 bits per heavy atom. The number of sulfone groups is 1. The van der Waals surface area contributed by atoms with E-state index < -0.39 is 21.6 Å². The molecule has 2 aromatic carbocycles. The van der Waals surface area contributed by atoms with Crippen LogP contribution in [0.2, 0.25) is 0 Å². The molecule has 0 fully saturated rings. The van der Waals surface area contributed by atoms with Gasteiger partial charge in [-0.2, -0.15) is 13.2 Å². The molecule has 0 aliphatic rings. The number of benzene rings is 2. The first-order chi connectivity index (χ1) is 15.1. The number of aromatic nitrogens is 3. The molecule has 0 amide bonds. The second kappa shape index (κ2) is 8.08. The molecule has 0 spiro atoms. The van der Waals surface area contributed by atoms with Crippen molar-refractivity contribution in [3.63, 3.8) is 0 Å². The van der Waals surface area contributed by atoms with Crippen molar-refractivity contribution in [2.24, 2.45) is 0 Å². The molecule has 0 atom stereocenters. The number of nitrogens with zero attached hydrogens (tertiary/aromatic N) is 3. The van der Waals surface area contributed by atoms with Crippen LogP contribution >= 0.6 is 0 Å². The molecular weight excluding hydrogens is 443 g/mol. The third-order valence-corrected chi connectivity index (χ3v) is 5.76. The number of hydrogen-bond donors (Lipinski definition) is 2. The van der Waals surface area contributed by atoms with E-state index in [-0.39, 0.29) is 16.2 Å². The van der Waals surface area contributed by atoms with Crippen LogP contribution in [0.3, 0.4) is 0 Å². The highest BCUT2D eigenvalue weighted by atomic mass is 32.2. The van der Waals surface area contributed by atoms with Gasteiger partial charge in [-0.3, -0.25) is 15.8 Å². The van der Waals surface area contributed by atoms with Gasteiger partial charge in [0.1, 0.15) is 6.33 Å². The molecule has 164 valence electrons. The fourth-order valence-corrected chi connectivity index (χ4v) is 3.72. The van der Waals surface area contributed by atoms with Crippen LogP contribution in [0.15, 0.2) is 72.0 Å². The van der Waals surface area contributed by atoms with E-state index >= 15 is 0 Å². The third kappa shape index (κ3) is 4.47. The van der Waals surface area contributed by atoms with Crippen molar-refractivity contribution < 1.29 is 21.6 Å². The Labute approximate surface area is 181 Å². The molecule has 2 N–H and O–H groups in total. The Hall–Kier alpha value is -3.73. The number of pyridine rings is 1. The molecule has 0 bridgehead atoms. The van der Waals surface area contributed by atoms with Crippen LogP contribution in [0.1, 0.15) is 5.56 Å². The van der Waals surface area contributed by atoms with E-state index in [1.807, 2.05) is 0 Å². The lowest BCUT2D eigenvalue weighted by atomic mass is 10.0. The third-order valence-electron chi connectivity index (χ3n) is 4.63. The Balaban J connectivity index is 1.62. The highest BCUT2D eigenvalue weighted by Gasteiger charge is 2.34. The maximum absolute atomic E-state index is 13.3. The Morgan fingerprint density at radius 2 is 1.66 bits per heavy atom. The van der Waals surface area contributed by atoms with Crippen molar-refractivity contribution in [1.29, 1.82) is 0 Å². The molecule has 11 heteroatoms. The number of hydrazine groups is 1. The number of halogens is 3. The average molecular weight is 459 g/mol. The molecule has 7 nitrogen and oxygen atoms in total. The van der Waals surface area contributed by atoms with Gasteiger partial charge >= 0.3 is 6.18 Å². The Bertz CT molecular complexity index is 1390. The number of alkyl halides is 3. The minimum atomic E-state index is -4.53. The summed E-state index contributed by atoms with van der Waals surface area (Å²) in [4.78, 5) is 12.4. The first kappa shape index (κ1) is 21.5. The predicted molar refractivity (Wildman–Crippen MR) is 115 cm³/mol. The SMILES string of the molecule is CS(=O)(=O)c1ccc(NNc2ncnc3cc(-c4ncccc4C(F)(F)F)ccc23)cc1. The molecule has 0 aliphatic heterocycles. The minimum Gasteiger partial charge on any atom is -0.300 e. The summed E-state index contributed by atoms with van der Waals surface area (Å²) in [6.45, 7) is 0. The van der Waals surface area contributed by atoms with E-state index in [1.165, 1.54) is 42.9 Å². The second-order valence-corrected chi connectivity index (χ2v) is 8.91. The number of hydrogen-bond acceptors (Lipinski definition) is 7. The molecule has 4 aromatic rings. The number of fused-ring (bicyclic) bond motifs is 1. The quantitative estimate of drug-likeness (QED) is 0.423. The van der Waals surface area contributed by atoms with Crippen LogP contribution in [0.5, 0.6) is 0 Å². The van der Waals surface area contributed by atoms with Gasteiger partial charge in [-0.1, -0.05) is 6.07 Å². The summed E-state index contributed by atoms with van der Waals surface area (Å²) >= 11 is 0. The monoisotopic (exact) mass is 459 g/mol. The highest BCUT2D eigenvalue weighted by Crippen LogP contribution is 2.36. The molecule has 0 radical (unpaired) electrons. The molecular formula is C21H16F3N5O2S. The molecule has 0 unspecified atom stereocenters. The van der Waals surface area contributed by atoms with Crippen molar-refractivity contribution >= 4 is 32.2 Å². The smallest absolute Gasteiger partial charge is 0.300 e. The summed E-state index contributed by atoms with van der Waals surface area (Å²) in [6.07, 6.45) is -0.822. The highest BCUT2D eigenvalue weighted by molar-refractivity contribution is 7.90. The molecule has 2 heterocycles. The van der Waals surface area contributed by atoms with E-state index in [0.717, 1.165) is 12.3 Å². The lowest BCUT2D eigenvalue weighted by Crippen LogP contribution is -2.11. The summed E-state index contributed by atoms with van der Waals surface area (Å²) in [5.74, 6) is 0.394. The standard InChI is InChI=1S/C21H16F3N5O2S/c1-32(30,31)15-7-5-14(6-8-15)28-29-20-16-9-4-13(11-18(16)26-12-27-20)19-17(21(22,23)24)3-2-10-25-19/h2-12,28H,1H3,(H,26,27,29). The van der Waals surface area contributed by atoms with Gasteiger partial charge in [0.2, 0.25) is 0 Å². The molecule has 4 rings (SSSR count). The number of nitrogens with one attached hydrogen (secondary N) is 2. The maximum atomic E-state index is 13.3. The first-order valence-corrected chi connectivity index (χ1v) is 11.1. The first-order valence-electron chi connectivity index (χ1n) is 9.22. The summed E-state index contributed by atoms with van der Waals surface area (Å²) in [5.41, 5.74) is 6.10. The molecule has 0 saturated heterocycles. The van der Waals surface area contributed by atoms with Gasteiger partial charge in [0.15, 0.2) is 15.7 Å². The topological polar surface area (TPSA) is 96.9 Å². The lowest BCUT2D eigenvalue weighted by molar-refractivity contribution is -0.137. The zero-order valence-corrected chi connectivity index (χ0v) is 17.4. The molecule has 0 aliphatic carbocycles. The average Bonchev–Trinajstić information content (AvgIpc) is 2.76. The normalized spacial score (nSPS) is 12.0. The van der Waals surface area contributed by atoms with Crippen LogP contribution in [0, 0.1) is 0 Å². The Kier molecular flexibility index (Phi) is 5.43. The van der Waals surface area contributed by atoms with E-state index in [2.05, 4.69) is 25.8 Å². The van der Waals surface area contributed by atoms with Crippen molar-refractivity contribution in [2.45, 2.75) is 11.1 Å². The zero-order chi connectivity index (χ0) is 22.9. The number of rotatable bonds is 5. The van der Waals surface area contributed by atoms with Crippen LogP contribution in [0.25, 0.3) is 22.2 Å². The van der Waals surface area contributed by atoms with Gasteiger partial charge in [-0.05, 0) is 48.5 Å². The molecule has 2 aromatic heterocycles. The maximum Gasteiger partial charge on any atom is 0.418 e. The summed E-state index contributed by atoms with van der Waals surface area (Å²) in [7, 11) is -3.30. The van der Waals surface area contributed by atoms with E-state index in [1.54, 1.807) is 18.2 Å². The van der Waals surface area contributed by atoms with Gasteiger partial charge in [0.25, 0.3) is 0 Å². The summed E-state index contributed by atoms with van der Waals surface area (Å²) in [5, 5.41) is 0.570. The predicted octanol–water partition coefficient (Wildman–Crippen LogP) is 4.55. The fourth-order valence-electron chi connectivity index (χ4n) is 3.08. The number of anilines is 2. The van der Waals surface area contributed by atoms with Crippen LogP contribution in [-0.2, 0) is 16.0 Å². The van der Waals surface area contributed by atoms with Crippen molar-refractivity contribution in [1.82, 2.24) is 15.0 Å². The van der Waals surface area contributed by atoms with E-state index in [0.29, 0.717) is 22.4 Å². The van der Waals surface area contributed by atoms with Gasteiger partial charge in [0, 0.05) is 23.4 Å². The van der Waals surface area contributed by atoms with E-state index in [4.69, 9.17) is 0 Å². The zero-order valence-electron chi connectivity index (χ0n) is 16.6. The van der Waals surface area contributed by atoms with Crippen LogP contribution in [0.4, 0.5) is 24.7 Å². The fraction of sp³-hybridized carbons (Fsp3) is 0.0952. The molecule has 32 heavy (non-hydrogen) atoms. The summed E-state index contributed by atoms with van der Waals surface area (Å²) in [6, 6.07) is 13.0. The Morgan fingerprint density at radius 1 is 0.906 bits per heavy atom. The van der Waals surface area contributed by atoms with Crippen LogP contribution < -0.4 is 10.9 Å². The van der Waals surface area contributed by atoms with E-state index in [9.17, 15) is 21.6 Å².